The van der Waals surface area contributed by atoms with Gasteiger partial charge in [-0.2, -0.15) is 13.2 Å². The van der Waals surface area contributed by atoms with Crippen molar-refractivity contribution in [3.63, 3.8) is 0 Å². The minimum absolute atomic E-state index is 0.0418. The lowest BCUT2D eigenvalue weighted by Gasteiger charge is -2.38. The normalized spacial score (nSPS) is 25.6. The summed E-state index contributed by atoms with van der Waals surface area (Å²) in [5.74, 6) is -3.41. The van der Waals surface area contributed by atoms with Crippen LogP contribution in [0, 0.1) is 17.6 Å². The maximum absolute atomic E-state index is 13.2. The average Bonchev–Trinajstić information content (AvgIpc) is 2.32. The van der Waals surface area contributed by atoms with Crippen LogP contribution in [-0.2, 0) is 0 Å². The van der Waals surface area contributed by atoms with Crippen LogP contribution in [0.15, 0.2) is 18.2 Å². The highest BCUT2D eigenvalue weighted by molar-refractivity contribution is 5.22. The average molecular weight is 279 g/mol. The van der Waals surface area contributed by atoms with Crippen molar-refractivity contribution >= 4 is 0 Å². The minimum Gasteiger partial charge on any atom is -0.299 e. The molecule has 1 aliphatic heterocycles. The van der Waals surface area contributed by atoms with Crippen molar-refractivity contribution in [1.29, 1.82) is 0 Å². The fraction of sp³-hybridized carbons (Fsp3) is 0.538. The van der Waals surface area contributed by atoms with E-state index in [0.717, 1.165) is 12.1 Å². The Kier molecular flexibility index (Phi) is 3.80. The predicted octanol–water partition coefficient (Wildman–Crippen LogP) is 3.91. The van der Waals surface area contributed by atoms with Gasteiger partial charge in [-0.05, 0) is 44.1 Å². The Morgan fingerprint density at radius 3 is 2.42 bits per heavy atom. The molecule has 0 aliphatic carbocycles. The molecule has 19 heavy (non-hydrogen) atoms. The summed E-state index contributed by atoms with van der Waals surface area (Å²) in [6.45, 7) is 0.286. The molecule has 0 saturated carbocycles. The molecule has 1 aromatic rings. The van der Waals surface area contributed by atoms with E-state index in [4.69, 9.17) is 0 Å². The van der Waals surface area contributed by atoms with E-state index in [1.54, 1.807) is 11.9 Å². The highest BCUT2D eigenvalue weighted by atomic mass is 19.4. The van der Waals surface area contributed by atoms with Gasteiger partial charge in [0.15, 0.2) is 11.6 Å². The molecule has 106 valence electrons. The number of halogens is 5. The third-order valence-electron chi connectivity index (χ3n) is 3.66. The number of likely N-dealkylation sites (tertiary alicyclic amines) is 1. The molecular weight excluding hydrogens is 265 g/mol. The lowest BCUT2D eigenvalue weighted by Crippen LogP contribution is -2.39. The molecular formula is C13H14F5N. The maximum atomic E-state index is 13.2. The van der Waals surface area contributed by atoms with Crippen molar-refractivity contribution < 1.29 is 22.0 Å². The van der Waals surface area contributed by atoms with Gasteiger partial charge >= 0.3 is 6.18 Å². The first-order valence-electron chi connectivity index (χ1n) is 6.01. The molecule has 0 bridgehead atoms. The quantitative estimate of drug-likeness (QED) is 0.704. The van der Waals surface area contributed by atoms with Crippen molar-refractivity contribution in [2.24, 2.45) is 5.92 Å². The van der Waals surface area contributed by atoms with Crippen molar-refractivity contribution in [2.75, 3.05) is 13.6 Å². The van der Waals surface area contributed by atoms with Crippen LogP contribution in [0.3, 0.4) is 0 Å². The molecule has 0 spiro atoms. The summed E-state index contributed by atoms with van der Waals surface area (Å²) < 4.78 is 64.3. The van der Waals surface area contributed by atoms with Gasteiger partial charge in [0.05, 0.1) is 5.92 Å². The van der Waals surface area contributed by atoms with E-state index in [2.05, 4.69) is 0 Å². The van der Waals surface area contributed by atoms with Crippen molar-refractivity contribution in [3.05, 3.63) is 35.4 Å². The van der Waals surface area contributed by atoms with Gasteiger partial charge in [0.1, 0.15) is 0 Å². The number of benzene rings is 1. The number of alkyl halides is 3. The lowest BCUT2D eigenvalue weighted by atomic mass is 9.87. The molecule has 1 heterocycles. The van der Waals surface area contributed by atoms with Crippen LogP contribution in [0.5, 0.6) is 0 Å². The Morgan fingerprint density at radius 1 is 1.16 bits per heavy atom. The van der Waals surface area contributed by atoms with Gasteiger partial charge in [0.25, 0.3) is 0 Å². The molecule has 1 saturated heterocycles. The van der Waals surface area contributed by atoms with E-state index >= 15 is 0 Å². The molecule has 6 heteroatoms. The smallest absolute Gasteiger partial charge is 0.299 e. The van der Waals surface area contributed by atoms with E-state index in [0.29, 0.717) is 5.56 Å². The van der Waals surface area contributed by atoms with Crippen LogP contribution in [0.2, 0.25) is 0 Å². The van der Waals surface area contributed by atoms with E-state index in [9.17, 15) is 22.0 Å². The summed E-state index contributed by atoms with van der Waals surface area (Å²) in [7, 11) is 1.69. The van der Waals surface area contributed by atoms with Crippen LogP contribution >= 0.6 is 0 Å². The molecule has 0 unspecified atom stereocenters. The zero-order valence-electron chi connectivity index (χ0n) is 10.3. The van der Waals surface area contributed by atoms with E-state index in [1.807, 2.05) is 0 Å². The Morgan fingerprint density at radius 2 is 1.84 bits per heavy atom. The number of piperidine rings is 1. The molecule has 2 atom stereocenters. The van der Waals surface area contributed by atoms with Gasteiger partial charge in [-0.1, -0.05) is 6.07 Å². The second kappa shape index (κ2) is 5.07. The maximum Gasteiger partial charge on any atom is 0.391 e. The molecule has 0 radical (unpaired) electrons. The topological polar surface area (TPSA) is 3.24 Å². The van der Waals surface area contributed by atoms with Crippen molar-refractivity contribution in [3.8, 4) is 0 Å². The van der Waals surface area contributed by atoms with Gasteiger partial charge in [0.2, 0.25) is 0 Å². The molecule has 0 amide bonds. The third kappa shape index (κ3) is 3.05. The first kappa shape index (κ1) is 14.2. The first-order chi connectivity index (χ1) is 8.79. The number of nitrogens with zero attached hydrogens (tertiary/aromatic N) is 1. The zero-order valence-corrected chi connectivity index (χ0v) is 10.3. The molecule has 1 fully saturated rings. The molecule has 1 aliphatic rings. The largest absolute Gasteiger partial charge is 0.391 e. The van der Waals surface area contributed by atoms with E-state index in [-0.39, 0.29) is 19.4 Å². The summed E-state index contributed by atoms with van der Waals surface area (Å²) >= 11 is 0. The van der Waals surface area contributed by atoms with Gasteiger partial charge in [0, 0.05) is 6.04 Å². The highest BCUT2D eigenvalue weighted by Gasteiger charge is 2.43. The van der Waals surface area contributed by atoms with Crippen LogP contribution in [0.25, 0.3) is 0 Å². The number of hydrogen-bond acceptors (Lipinski definition) is 1. The molecule has 0 aromatic heterocycles. The SMILES string of the molecule is CN1CC[C@@H](C(F)(F)F)C[C@@H]1c1ccc(F)c(F)c1. The van der Waals surface area contributed by atoms with Crippen molar-refractivity contribution in [2.45, 2.75) is 25.1 Å². The van der Waals surface area contributed by atoms with Crippen LogP contribution in [0.1, 0.15) is 24.4 Å². The predicted molar refractivity (Wildman–Crippen MR) is 60.5 cm³/mol. The molecule has 1 nitrogen and oxygen atoms in total. The van der Waals surface area contributed by atoms with Gasteiger partial charge < -0.3 is 0 Å². The Labute approximate surface area is 108 Å². The van der Waals surface area contributed by atoms with Gasteiger partial charge in [-0.15, -0.1) is 0 Å². The Balaban J connectivity index is 2.23. The zero-order chi connectivity index (χ0) is 14.2. The van der Waals surface area contributed by atoms with Crippen LogP contribution in [-0.4, -0.2) is 24.7 Å². The molecule has 2 rings (SSSR count). The van der Waals surface area contributed by atoms with Crippen molar-refractivity contribution in [1.82, 2.24) is 4.90 Å². The Bertz CT molecular complexity index is 457. The second-order valence-electron chi connectivity index (χ2n) is 4.93. The fourth-order valence-corrected chi connectivity index (χ4v) is 2.49. The second-order valence-corrected chi connectivity index (χ2v) is 4.93. The summed E-state index contributed by atoms with van der Waals surface area (Å²) in [5.41, 5.74) is 0.385. The Hall–Kier alpha value is -1.17. The molecule has 1 aromatic carbocycles. The molecule has 0 N–H and O–H groups in total. The number of rotatable bonds is 1. The summed E-state index contributed by atoms with van der Waals surface area (Å²) in [4.78, 5) is 1.74. The highest BCUT2D eigenvalue weighted by Crippen LogP contribution is 2.41. The minimum atomic E-state index is -4.24. The van der Waals surface area contributed by atoms with E-state index in [1.165, 1.54) is 6.07 Å². The fourth-order valence-electron chi connectivity index (χ4n) is 2.49. The van der Waals surface area contributed by atoms with Crippen LogP contribution < -0.4 is 0 Å². The first-order valence-corrected chi connectivity index (χ1v) is 6.01. The van der Waals surface area contributed by atoms with Gasteiger partial charge in [-0.3, -0.25) is 4.90 Å². The summed E-state index contributed by atoms with van der Waals surface area (Å²) in [6, 6.07) is 2.75. The van der Waals surface area contributed by atoms with Gasteiger partial charge in [-0.25, -0.2) is 8.78 Å². The standard InChI is InChI=1S/C13H14F5N/c1-19-5-4-9(13(16,17)18)7-12(19)8-2-3-10(14)11(15)6-8/h2-3,6,9,12H,4-5,7H2,1H3/t9-,12-/m1/s1. The lowest BCUT2D eigenvalue weighted by molar-refractivity contribution is -0.189. The number of hydrogen-bond donors (Lipinski definition) is 0. The summed E-state index contributed by atoms with van der Waals surface area (Å²) in [5, 5.41) is 0. The third-order valence-corrected chi connectivity index (χ3v) is 3.66. The van der Waals surface area contributed by atoms with Crippen LogP contribution in [0.4, 0.5) is 22.0 Å². The summed E-state index contributed by atoms with van der Waals surface area (Å²) in [6.07, 6.45) is -4.32. The van der Waals surface area contributed by atoms with E-state index < -0.39 is 29.8 Å². The monoisotopic (exact) mass is 279 g/mol.